The first-order valence-electron chi connectivity index (χ1n) is 8.62. The number of aryl methyl sites for hydroxylation is 1. The van der Waals surface area contributed by atoms with E-state index in [0.717, 1.165) is 16.8 Å². The third kappa shape index (κ3) is 3.27. The second-order valence-corrected chi connectivity index (χ2v) is 6.37. The highest BCUT2D eigenvalue weighted by atomic mass is 16.7. The van der Waals surface area contributed by atoms with Gasteiger partial charge in [-0.3, -0.25) is 4.90 Å². The smallest absolute Gasteiger partial charge is 0.335 e. The van der Waals surface area contributed by atoms with Crippen molar-refractivity contribution in [2.45, 2.75) is 13.2 Å². The summed E-state index contributed by atoms with van der Waals surface area (Å²) in [7, 11) is 0. The molecule has 1 atom stereocenters. The zero-order valence-electron chi connectivity index (χ0n) is 14.7. The highest BCUT2D eigenvalue weighted by Gasteiger charge is 2.33. The number of benzene rings is 3. The summed E-state index contributed by atoms with van der Waals surface area (Å²) in [5.41, 5.74) is 4.13. The van der Waals surface area contributed by atoms with E-state index in [1.54, 1.807) is 24.3 Å². The number of oxime groups is 1. The number of aromatic carboxylic acids is 1. The molecule has 27 heavy (non-hydrogen) atoms. The molecule has 1 N–H and O–H groups in total. The Bertz CT molecular complexity index is 980. The van der Waals surface area contributed by atoms with Crippen molar-refractivity contribution in [1.29, 1.82) is 0 Å². The minimum absolute atomic E-state index is 0.236. The van der Waals surface area contributed by atoms with Gasteiger partial charge in [0, 0.05) is 16.8 Å². The molecule has 4 rings (SSSR count). The highest BCUT2D eigenvalue weighted by Crippen LogP contribution is 2.35. The van der Waals surface area contributed by atoms with E-state index in [2.05, 4.69) is 5.16 Å². The molecular weight excluding hydrogens is 340 g/mol. The Labute approximate surface area is 157 Å². The molecule has 1 unspecified atom stereocenters. The van der Waals surface area contributed by atoms with Crippen molar-refractivity contribution in [2.24, 2.45) is 5.16 Å². The Morgan fingerprint density at radius 3 is 2.26 bits per heavy atom. The second-order valence-electron chi connectivity index (χ2n) is 6.37. The molecule has 0 saturated heterocycles. The van der Waals surface area contributed by atoms with Crippen LogP contribution in [0.15, 0.2) is 84.0 Å². The summed E-state index contributed by atoms with van der Waals surface area (Å²) < 4.78 is 0. The van der Waals surface area contributed by atoms with Crippen molar-refractivity contribution >= 4 is 17.5 Å². The Kier molecular flexibility index (Phi) is 4.34. The van der Waals surface area contributed by atoms with Crippen LogP contribution in [0.1, 0.15) is 33.3 Å². The molecule has 0 saturated carbocycles. The lowest BCUT2D eigenvalue weighted by molar-refractivity contribution is 0.0697. The van der Waals surface area contributed by atoms with E-state index in [4.69, 9.17) is 9.94 Å². The van der Waals surface area contributed by atoms with E-state index in [-0.39, 0.29) is 11.8 Å². The van der Waals surface area contributed by atoms with Crippen molar-refractivity contribution in [3.05, 3.63) is 101 Å². The zero-order valence-corrected chi connectivity index (χ0v) is 14.7. The molecule has 0 radical (unpaired) electrons. The van der Waals surface area contributed by atoms with E-state index >= 15 is 0 Å². The summed E-state index contributed by atoms with van der Waals surface area (Å²) in [6.07, 6.45) is -0.386. The SMILES string of the molecule is Cc1ccc(N2C(c3ccc(C(=O)O)cc3)=NOC2c2ccccc2)cc1. The molecule has 0 aliphatic carbocycles. The Morgan fingerprint density at radius 2 is 1.63 bits per heavy atom. The van der Waals surface area contributed by atoms with Gasteiger partial charge in [-0.2, -0.15) is 0 Å². The molecule has 1 aliphatic rings. The van der Waals surface area contributed by atoms with Gasteiger partial charge in [-0.25, -0.2) is 4.79 Å². The molecule has 134 valence electrons. The number of carboxylic acids is 1. The predicted molar refractivity (Wildman–Crippen MR) is 104 cm³/mol. The van der Waals surface area contributed by atoms with Gasteiger partial charge >= 0.3 is 5.97 Å². The van der Waals surface area contributed by atoms with Gasteiger partial charge in [-0.1, -0.05) is 65.3 Å². The van der Waals surface area contributed by atoms with Crippen molar-refractivity contribution in [2.75, 3.05) is 4.90 Å². The molecule has 5 heteroatoms. The predicted octanol–water partition coefficient (Wildman–Crippen LogP) is 4.59. The Hall–Kier alpha value is -3.60. The number of hydrogen-bond acceptors (Lipinski definition) is 4. The van der Waals surface area contributed by atoms with E-state index in [0.29, 0.717) is 5.84 Å². The summed E-state index contributed by atoms with van der Waals surface area (Å²) in [4.78, 5) is 18.9. The van der Waals surface area contributed by atoms with E-state index in [1.165, 1.54) is 5.56 Å². The summed E-state index contributed by atoms with van der Waals surface area (Å²) in [5, 5.41) is 13.4. The number of carbonyl (C=O) groups is 1. The first-order chi connectivity index (χ1) is 13.1. The van der Waals surface area contributed by atoms with Crippen LogP contribution in [-0.2, 0) is 4.84 Å². The third-order valence-electron chi connectivity index (χ3n) is 4.49. The standard InChI is InChI=1S/C22H18N2O3/c1-15-7-13-19(14-8-15)24-20(16-9-11-18(12-10-16)22(25)26)23-27-21(24)17-5-3-2-4-6-17/h2-14,21H,1H3,(H,25,26). The topological polar surface area (TPSA) is 62.1 Å². The van der Waals surface area contributed by atoms with Gasteiger partial charge in [0.25, 0.3) is 0 Å². The van der Waals surface area contributed by atoms with Crippen molar-refractivity contribution < 1.29 is 14.7 Å². The number of anilines is 1. The fraction of sp³-hybridized carbons (Fsp3) is 0.0909. The zero-order chi connectivity index (χ0) is 18.8. The maximum Gasteiger partial charge on any atom is 0.335 e. The first-order valence-corrected chi connectivity index (χ1v) is 8.62. The lowest BCUT2D eigenvalue weighted by Crippen LogP contribution is -2.31. The molecule has 0 bridgehead atoms. The number of carboxylic acid groups (broad SMARTS) is 1. The third-order valence-corrected chi connectivity index (χ3v) is 4.49. The van der Waals surface area contributed by atoms with Crippen molar-refractivity contribution in [3.8, 4) is 0 Å². The van der Waals surface area contributed by atoms with Crippen LogP contribution in [0.3, 0.4) is 0 Å². The van der Waals surface area contributed by atoms with Gasteiger partial charge in [0.1, 0.15) is 0 Å². The maximum absolute atomic E-state index is 11.1. The minimum atomic E-state index is -0.955. The normalized spacial score (nSPS) is 16.0. The summed E-state index contributed by atoms with van der Waals surface area (Å²) in [6, 6.07) is 24.7. The first kappa shape index (κ1) is 16.8. The summed E-state index contributed by atoms with van der Waals surface area (Å²) in [5.74, 6) is -0.312. The quantitative estimate of drug-likeness (QED) is 0.741. The average Bonchev–Trinajstić information content (AvgIpc) is 3.14. The summed E-state index contributed by atoms with van der Waals surface area (Å²) in [6.45, 7) is 2.04. The largest absolute Gasteiger partial charge is 0.478 e. The average molecular weight is 358 g/mol. The molecule has 1 heterocycles. The summed E-state index contributed by atoms with van der Waals surface area (Å²) >= 11 is 0. The molecule has 0 fully saturated rings. The van der Waals surface area contributed by atoms with Gasteiger partial charge in [-0.15, -0.1) is 0 Å². The molecule has 1 aliphatic heterocycles. The fourth-order valence-electron chi connectivity index (χ4n) is 3.05. The molecule has 0 amide bonds. The van der Waals surface area contributed by atoms with Crippen LogP contribution in [0, 0.1) is 6.92 Å². The van der Waals surface area contributed by atoms with E-state index in [9.17, 15) is 4.79 Å². The van der Waals surface area contributed by atoms with Crippen LogP contribution >= 0.6 is 0 Å². The van der Waals surface area contributed by atoms with Crippen LogP contribution in [-0.4, -0.2) is 16.9 Å². The lowest BCUT2D eigenvalue weighted by Gasteiger charge is -2.26. The van der Waals surface area contributed by atoms with Gasteiger partial charge in [-0.05, 0) is 31.2 Å². The van der Waals surface area contributed by atoms with Gasteiger partial charge in [0.2, 0.25) is 6.23 Å². The highest BCUT2D eigenvalue weighted by molar-refractivity contribution is 6.11. The monoisotopic (exact) mass is 358 g/mol. The number of amidine groups is 1. The molecule has 3 aromatic carbocycles. The lowest BCUT2D eigenvalue weighted by atomic mass is 10.1. The molecule has 0 spiro atoms. The van der Waals surface area contributed by atoms with Crippen LogP contribution in [0.5, 0.6) is 0 Å². The number of rotatable bonds is 4. The molecular formula is C22H18N2O3. The number of nitrogens with zero attached hydrogens (tertiary/aromatic N) is 2. The molecule has 0 aromatic heterocycles. The van der Waals surface area contributed by atoms with Crippen LogP contribution in [0.2, 0.25) is 0 Å². The Balaban J connectivity index is 1.75. The fourth-order valence-corrected chi connectivity index (χ4v) is 3.05. The van der Waals surface area contributed by atoms with Crippen LogP contribution in [0.4, 0.5) is 5.69 Å². The minimum Gasteiger partial charge on any atom is -0.478 e. The van der Waals surface area contributed by atoms with Gasteiger partial charge in [0.15, 0.2) is 5.84 Å². The van der Waals surface area contributed by atoms with Crippen LogP contribution < -0.4 is 4.90 Å². The number of hydrogen-bond donors (Lipinski definition) is 1. The Morgan fingerprint density at radius 1 is 0.963 bits per heavy atom. The van der Waals surface area contributed by atoms with E-state index in [1.807, 2.05) is 66.4 Å². The van der Waals surface area contributed by atoms with Gasteiger partial charge < -0.3 is 9.94 Å². The van der Waals surface area contributed by atoms with Crippen LogP contribution in [0.25, 0.3) is 0 Å². The van der Waals surface area contributed by atoms with E-state index < -0.39 is 5.97 Å². The van der Waals surface area contributed by atoms with Gasteiger partial charge in [0.05, 0.1) is 5.56 Å². The van der Waals surface area contributed by atoms with Crippen molar-refractivity contribution in [3.63, 3.8) is 0 Å². The maximum atomic E-state index is 11.1. The van der Waals surface area contributed by atoms with Crippen molar-refractivity contribution in [1.82, 2.24) is 0 Å². The molecule has 5 nitrogen and oxygen atoms in total. The second kappa shape index (κ2) is 6.96. The molecule has 3 aromatic rings.